The van der Waals surface area contributed by atoms with E-state index in [4.69, 9.17) is 9.47 Å². The summed E-state index contributed by atoms with van der Waals surface area (Å²) in [5.74, 6) is -2.61. The minimum Gasteiger partial charge on any atom is -0.508 e. The second kappa shape index (κ2) is 20.0. The first-order valence-corrected chi connectivity index (χ1v) is 22.1. The number of rotatable bonds is 15. The molecular weight excluding hydrogens is 899 g/mol. The number of hydrogen-bond acceptors (Lipinski definition) is 15. The molecule has 0 aliphatic carbocycles. The average Bonchev–Trinajstić information content (AvgIpc) is 3.71. The molecule has 1 atom stereocenters. The number of nitrogens with zero attached hydrogens (tertiary/aromatic N) is 9. The van der Waals surface area contributed by atoms with Crippen LogP contribution in [0.1, 0.15) is 56.1 Å². The van der Waals surface area contributed by atoms with Gasteiger partial charge in [0.25, 0.3) is 5.91 Å². The van der Waals surface area contributed by atoms with Crippen molar-refractivity contribution in [2.75, 3.05) is 50.9 Å². The maximum atomic E-state index is 16.0. The highest BCUT2D eigenvalue weighted by Gasteiger charge is 2.31. The fourth-order valence-corrected chi connectivity index (χ4v) is 8.12. The van der Waals surface area contributed by atoms with Crippen LogP contribution in [0.5, 0.6) is 29.0 Å². The number of fused-ring (bicyclic) bond motifs is 1. The van der Waals surface area contributed by atoms with E-state index in [1.165, 1.54) is 41.1 Å². The topological polar surface area (TPSA) is 243 Å². The Morgan fingerprint density at radius 1 is 0.855 bits per heavy atom. The van der Waals surface area contributed by atoms with Crippen molar-refractivity contribution in [3.8, 4) is 63.0 Å². The van der Waals surface area contributed by atoms with Gasteiger partial charge in [0.2, 0.25) is 5.91 Å². The summed E-state index contributed by atoms with van der Waals surface area (Å²) >= 11 is 0. The lowest BCUT2D eigenvalue weighted by Gasteiger charge is -2.40. The van der Waals surface area contributed by atoms with Crippen LogP contribution in [0.25, 0.3) is 45.1 Å². The first-order valence-electron chi connectivity index (χ1n) is 22.1. The van der Waals surface area contributed by atoms with Crippen LogP contribution in [-0.4, -0.2) is 123 Å². The maximum absolute atomic E-state index is 16.0. The Kier molecular flexibility index (Phi) is 13.7. The molecule has 0 spiro atoms. The molecule has 19 nitrogen and oxygen atoms in total. The Bertz CT molecular complexity index is 3090. The zero-order valence-corrected chi connectivity index (χ0v) is 37.9. The summed E-state index contributed by atoms with van der Waals surface area (Å²) in [6, 6.07) is 16.2. The third kappa shape index (κ3) is 9.66. The van der Waals surface area contributed by atoms with Crippen molar-refractivity contribution < 1.29 is 48.3 Å². The summed E-state index contributed by atoms with van der Waals surface area (Å²) in [6.45, 7) is 8.97. The molecule has 358 valence electrons. The van der Waals surface area contributed by atoms with Gasteiger partial charge in [-0.15, -0.1) is 5.10 Å². The number of phenolic OH excluding ortho intramolecular Hbond substituents is 3. The first-order chi connectivity index (χ1) is 33.1. The van der Waals surface area contributed by atoms with Crippen molar-refractivity contribution >= 4 is 28.7 Å². The number of benzene rings is 3. The number of phenols is 3. The number of anilines is 1. The van der Waals surface area contributed by atoms with E-state index in [2.05, 4.69) is 30.5 Å². The van der Waals surface area contributed by atoms with Gasteiger partial charge in [-0.2, -0.15) is 4.98 Å². The van der Waals surface area contributed by atoms with E-state index in [0.29, 0.717) is 36.5 Å². The zero-order valence-electron chi connectivity index (χ0n) is 37.9. The van der Waals surface area contributed by atoms with Crippen LogP contribution in [0.4, 0.5) is 14.6 Å². The van der Waals surface area contributed by atoms with Crippen LogP contribution in [0.15, 0.2) is 83.8 Å². The standard InChI is InChI=1S/C48H48F2N10O9/c1-5-40(64)57-16-17-58(27(4)25-57)43-33-22-35(50)42(41-34(49)7-6-8-37(41)61)53-44(33)60(47(66)54-43)29-11-14-36(52-24-29)46(65)51-15-18-68-19-20-69-30-12-9-28(10-13-30)59-45(55-56-48(59)67)32-21-31(26(2)3)38(62)23-39(32)63/h6-14,21-24,26-27,61-63H,5,15-20,25H2,1-4H3,(H,51,65)(H,56,67). The highest BCUT2D eigenvalue weighted by atomic mass is 19.1. The molecule has 0 bridgehead atoms. The summed E-state index contributed by atoms with van der Waals surface area (Å²) < 4.78 is 44.9. The molecule has 7 aromatic rings. The molecule has 0 saturated carbocycles. The summed E-state index contributed by atoms with van der Waals surface area (Å²) in [4.78, 5) is 56.0. The number of carbonyl (C=O) groups is 2. The molecule has 8 rings (SSSR count). The van der Waals surface area contributed by atoms with Gasteiger partial charge in [0.15, 0.2) is 17.3 Å². The van der Waals surface area contributed by atoms with Crippen LogP contribution >= 0.6 is 0 Å². The Morgan fingerprint density at radius 3 is 2.32 bits per heavy atom. The molecule has 1 saturated heterocycles. The van der Waals surface area contributed by atoms with E-state index in [0.717, 1.165) is 16.7 Å². The van der Waals surface area contributed by atoms with Gasteiger partial charge in [-0.3, -0.25) is 9.59 Å². The van der Waals surface area contributed by atoms with Crippen LogP contribution in [0.2, 0.25) is 0 Å². The number of aromatic nitrogens is 7. The number of ether oxygens (including phenoxy) is 2. The fraction of sp³-hybridized carbons (Fsp3) is 0.292. The quantitative estimate of drug-likeness (QED) is 0.0788. The average molecular weight is 947 g/mol. The van der Waals surface area contributed by atoms with E-state index >= 15 is 8.78 Å². The van der Waals surface area contributed by atoms with Crippen LogP contribution in [0.3, 0.4) is 0 Å². The Labute approximate surface area is 392 Å². The third-order valence-corrected chi connectivity index (χ3v) is 11.6. The molecule has 1 fully saturated rings. The van der Waals surface area contributed by atoms with Crippen molar-refractivity contribution in [2.45, 2.75) is 46.1 Å². The molecule has 69 heavy (non-hydrogen) atoms. The van der Waals surface area contributed by atoms with Gasteiger partial charge in [-0.25, -0.2) is 32.7 Å². The smallest absolute Gasteiger partial charge is 0.355 e. The summed E-state index contributed by atoms with van der Waals surface area (Å²) in [7, 11) is 0. The van der Waals surface area contributed by atoms with Gasteiger partial charge < -0.3 is 45.0 Å². The lowest BCUT2D eigenvalue weighted by atomic mass is 9.98. The molecule has 5 N–H and O–H groups in total. The highest BCUT2D eigenvalue weighted by molar-refractivity contribution is 5.93. The van der Waals surface area contributed by atoms with Crippen LogP contribution < -0.4 is 20.6 Å². The molecule has 4 aromatic heterocycles. The number of piperazine rings is 1. The lowest BCUT2D eigenvalue weighted by molar-refractivity contribution is -0.131. The van der Waals surface area contributed by atoms with E-state index in [1.807, 2.05) is 20.8 Å². The predicted octanol–water partition coefficient (Wildman–Crippen LogP) is 5.59. The van der Waals surface area contributed by atoms with Crippen molar-refractivity contribution in [3.05, 3.63) is 112 Å². The summed E-state index contributed by atoms with van der Waals surface area (Å²) in [5, 5.41) is 52.6. The molecule has 0 radical (unpaired) electrons. The molecule has 5 heterocycles. The Balaban J connectivity index is 0.903. The first kappa shape index (κ1) is 47.3. The Morgan fingerprint density at radius 2 is 1.62 bits per heavy atom. The van der Waals surface area contributed by atoms with Gasteiger partial charge in [-0.1, -0.05) is 31.9 Å². The largest absolute Gasteiger partial charge is 0.508 e. The number of carbonyl (C=O) groups excluding carboxylic acids is 2. The molecular formula is C48H48F2N10O9. The van der Waals surface area contributed by atoms with E-state index in [-0.39, 0.29) is 102 Å². The zero-order chi connectivity index (χ0) is 49.1. The monoisotopic (exact) mass is 946 g/mol. The van der Waals surface area contributed by atoms with Crippen molar-refractivity contribution in [3.63, 3.8) is 0 Å². The SMILES string of the molecule is CCC(=O)N1CCN(c2nc(=O)n(-c3ccc(C(=O)NCCOCCOc4ccc(-n5c(O)nnc5-c5cc(C(C)C)c(O)cc5O)cc4)nc3)c3nc(-c4c(O)cccc4F)c(F)cc23)C(C)C1. The highest BCUT2D eigenvalue weighted by Crippen LogP contribution is 2.40. The van der Waals surface area contributed by atoms with E-state index < -0.39 is 46.2 Å². The molecule has 21 heteroatoms. The molecule has 1 unspecified atom stereocenters. The summed E-state index contributed by atoms with van der Waals surface area (Å²) in [5.41, 5.74) is -0.520. The van der Waals surface area contributed by atoms with Gasteiger partial charge in [0.05, 0.1) is 47.3 Å². The van der Waals surface area contributed by atoms with E-state index in [1.54, 1.807) is 47.1 Å². The Hall–Kier alpha value is -8.20. The second-order valence-electron chi connectivity index (χ2n) is 16.5. The summed E-state index contributed by atoms with van der Waals surface area (Å²) in [6.07, 6.45) is 1.57. The number of amides is 2. The predicted molar refractivity (Wildman–Crippen MR) is 248 cm³/mol. The lowest BCUT2D eigenvalue weighted by Crippen LogP contribution is -2.54. The number of hydrogen-bond donors (Lipinski definition) is 5. The van der Waals surface area contributed by atoms with Gasteiger partial charge in [-0.05, 0) is 79.1 Å². The molecule has 1 aliphatic heterocycles. The fourth-order valence-electron chi connectivity index (χ4n) is 8.12. The normalized spacial score (nSPS) is 13.9. The molecule has 1 aliphatic rings. The van der Waals surface area contributed by atoms with Crippen molar-refractivity contribution in [1.29, 1.82) is 0 Å². The van der Waals surface area contributed by atoms with Crippen LogP contribution in [-0.2, 0) is 9.53 Å². The van der Waals surface area contributed by atoms with Crippen molar-refractivity contribution in [1.82, 2.24) is 44.5 Å². The number of pyridine rings is 2. The van der Waals surface area contributed by atoms with Gasteiger partial charge >= 0.3 is 11.7 Å². The minimum absolute atomic E-state index is 0.00356. The third-order valence-electron chi connectivity index (χ3n) is 11.6. The molecule has 3 aromatic carbocycles. The molecule has 2 amide bonds. The minimum atomic E-state index is -0.978. The number of nitrogens with one attached hydrogen (secondary N) is 1. The van der Waals surface area contributed by atoms with E-state index in [9.17, 15) is 34.8 Å². The van der Waals surface area contributed by atoms with Crippen molar-refractivity contribution in [2.24, 2.45) is 0 Å². The van der Waals surface area contributed by atoms with Crippen LogP contribution in [0, 0.1) is 11.6 Å². The number of aromatic hydroxyl groups is 4. The van der Waals surface area contributed by atoms with Gasteiger partial charge in [0, 0.05) is 44.7 Å². The maximum Gasteiger partial charge on any atom is 0.355 e. The number of halogens is 2. The second-order valence-corrected chi connectivity index (χ2v) is 16.5. The van der Waals surface area contributed by atoms with Gasteiger partial charge in [0.1, 0.15) is 52.6 Å².